The summed E-state index contributed by atoms with van der Waals surface area (Å²) in [5.74, 6) is -0.198. The van der Waals surface area contributed by atoms with Crippen LogP contribution in [0.2, 0.25) is 0 Å². The molecule has 1 aliphatic rings. The van der Waals surface area contributed by atoms with Crippen LogP contribution in [-0.4, -0.2) is 34.3 Å². The van der Waals surface area contributed by atoms with E-state index in [1.54, 1.807) is 0 Å². The lowest BCUT2D eigenvalue weighted by molar-refractivity contribution is -0.124. The SMILES string of the molecule is N[C@@H](Cc1c[nH]c2ccccc12)C(=O)C1NC(OC(=O)O)Cc2ccccc21. The number of benzene rings is 2. The molecule has 0 aliphatic carbocycles. The molecule has 2 unspecified atom stereocenters. The van der Waals surface area contributed by atoms with Gasteiger partial charge in [0, 0.05) is 23.5 Å². The van der Waals surface area contributed by atoms with E-state index < -0.39 is 24.5 Å². The molecule has 3 atom stereocenters. The van der Waals surface area contributed by atoms with Gasteiger partial charge in [0.15, 0.2) is 12.0 Å². The van der Waals surface area contributed by atoms with Crippen molar-refractivity contribution in [1.82, 2.24) is 10.3 Å². The summed E-state index contributed by atoms with van der Waals surface area (Å²) < 4.78 is 4.88. The van der Waals surface area contributed by atoms with Gasteiger partial charge < -0.3 is 20.6 Å². The molecule has 1 aliphatic heterocycles. The first-order valence-electron chi connectivity index (χ1n) is 9.10. The number of aromatic nitrogens is 1. The second-order valence-corrected chi connectivity index (χ2v) is 6.95. The van der Waals surface area contributed by atoms with E-state index in [9.17, 15) is 9.59 Å². The van der Waals surface area contributed by atoms with Gasteiger partial charge in [-0.05, 0) is 29.2 Å². The van der Waals surface area contributed by atoms with Gasteiger partial charge in [-0.15, -0.1) is 0 Å². The molecule has 144 valence electrons. The van der Waals surface area contributed by atoms with Gasteiger partial charge in [-0.1, -0.05) is 42.5 Å². The van der Waals surface area contributed by atoms with Gasteiger partial charge in [-0.25, -0.2) is 4.79 Å². The Kier molecular flexibility index (Phi) is 4.85. The maximum absolute atomic E-state index is 13.2. The minimum atomic E-state index is -1.38. The Morgan fingerprint density at radius 1 is 1.18 bits per heavy atom. The highest BCUT2D eigenvalue weighted by Gasteiger charge is 2.35. The molecule has 5 N–H and O–H groups in total. The normalized spacial score (nSPS) is 19.8. The fraction of sp³-hybridized carbons (Fsp3) is 0.238. The highest BCUT2D eigenvalue weighted by atomic mass is 16.7. The average molecular weight is 379 g/mol. The zero-order valence-electron chi connectivity index (χ0n) is 15.1. The van der Waals surface area contributed by atoms with Crippen LogP contribution in [0.1, 0.15) is 22.7 Å². The standard InChI is InChI=1S/C21H21N3O4/c22-16(9-13-11-23-17-8-4-3-6-14(13)17)20(25)19-15-7-2-1-5-12(15)10-18(24-19)28-21(26)27/h1-8,11,16,18-19,23-24H,9-10,22H2,(H,26,27)/t16-,18?,19?/m0/s1. The molecule has 2 aromatic carbocycles. The Balaban J connectivity index is 1.58. The topological polar surface area (TPSA) is 117 Å². The summed E-state index contributed by atoms with van der Waals surface area (Å²) in [5, 5.41) is 13.0. The lowest BCUT2D eigenvalue weighted by atomic mass is 9.87. The van der Waals surface area contributed by atoms with E-state index in [4.69, 9.17) is 15.6 Å². The number of nitrogens with one attached hydrogen (secondary N) is 2. The van der Waals surface area contributed by atoms with Crippen LogP contribution in [0.15, 0.2) is 54.7 Å². The number of ether oxygens (including phenoxy) is 1. The summed E-state index contributed by atoms with van der Waals surface area (Å²) in [6.45, 7) is 0. The molecule has 28 heavy (non-hydrogen) atoms. The lowest BCUT2D eigenvalue weighted by Gasteiger charge is -2.32. The van der Waals surface area contributed by atoms with E-state index in [0.717, 1.165) is 27.6 Å². The predicted molar refractivity (Wildman–Crippen MR) is 104 cm³/mol. The van der Waals surface area contributed by atoms with Crippen LogP contribution in [0.25, 0.3) is 10.9 Å². The number of carboxylic acid groups (broad SMARTS) is 1. The third-order valence-corrected chi connectivity index (χ3v) is 5.13. The Hall–Kier alpha value is -3.16. The Bertz CT molecular complexity index is 1030. The first-order valence-corrected chi connectivity index (χ1v) is 9.10. The van der Waals surface area contributed by atoms with E-state index in [2.05, 4.69) is 10.3 Å². The van der Waals surface area contributed by atoms with Crippen LogP contribution in [0.5, 0.6) is 0 Å². The van der Waals surface area contributed by atoms with Crippen LogP contribution in [-0.2, 0) is 22.4 Å². The highest BCUT2D eigenvalue weighted by Crippen LogP contribution is 2.28. The van der Waals surface area contributed by atoms with Crippen molar-refractivity contribution in [1.29, 1.82) is 0 Å². The van der Waals surface area contributed by atoms with E-state index in [0.29, 0.717) is 12.8 Å². The van der Waals surface area contributed by atoms with Gasteiger partial charge in [0.05, 0.1) is 12.1 Å². The van der Waals surface area contributed by atoms with Gasteiger partial charge in [-0.2, -0.15) is 0 Å². The molecule has 0 radical (unpaired) electrons. The van der Waals surface area contributed by atoms with Crippen molar-refractivity contribution < 1.29 is 19.4 Å². The van der Waals surface area contributed by atoms with Gasteiger partial charge in [-0.3, -0.25) is 10.1 Å². The van der Waals surface area contributed by atoms with Crippen molar-refractivity contribution in [3.05, 3.63) is 71.4 Å². The zero-order chi connectivity index (χ0) is 19.7. The number of Topliss-reactive ketones (excluding diaryl/α,β-unsaturated/α-hetero) is 1. The molecule has 0 amide bonds. The van der Waals surface area contributed by atoms with Crippen LogP contribution in [0.3, 0.4) is 0 Å². The van der Waals surface area contributed by atoms with E-state index >= 15 is 0 Å². The van der Waals surface area contributed by atoms with Crippen molar-refractivity contribution >= 4 is 22.8 Å². The number of hydrogen-bond donors (Lipinski definition) is 4. The molecule has 0 saturated carbocycles. The summed E-state index contributed by atoms with van der Waals surface area (Å²) in [6, 6.07) is 13.8. The summed E-state index contributed by atoms with van der Waals surface area (Å²) in [4.78, 5) is 27.3. The maximum atomic E-state index is 13.2. The first kappa shape index (κ1) is 18.2. The number of H-pyrrole nitrogens is 1. The largest absolute Gasteiger partial charge is 0.507 e. The molecule has 7 nitrogen and oxygen atoms in total. The fourth-order valence-electron chi connectivity index (χ4n) is 3.82. The fourth-order valence-corrected chi connectivity index (χ4v) is 3.82. The molecule has 3 aromatic rings. The van der Waals surface area contributed by atoms with Crippen molar-refractivity contribution in [2.24, 2.45) is 5.73 Å². The molecule has 0 saturated heterocycles. The Morgan fingerprint density at radius 3 is 2.75 bits per heavy atom. The molecule has 2 heterocycles. The molecule has 0 fully saturated rings. The summed E-state index contributed by atoms with van der Waals surface area (Å²) in [6.07, 6.45) is 0.446. The number of carbonyl (C=O) groups excluding carboxylic acids is 1. The third-order valence-electron chi connectivity index (χ3n) is 5.13. The zero-order valence-corrected chi connectivity index (χ0v) is 15.1. The summed E-state index contributed by atoms with van der Waals surface area (Å²) in [5.41, 5.74) is 9.93. The van der Waals surface area contributed by atoms with Crippen molar-refractivity contribution in [3.8, 4) is 0 Å². The number of carbonyl (C=O) groups is 2. The number of aromatic amines is 1. The summed E-state index contributed by atoms with van der Waals surface area (Å²) in [7, 11) is 0. The number of para-hydroxylation sites is 1. The molecular formula is C21H21N3O4. The maximum Gasteiger partial charge on any atom is 0.507 e. The van der Waals surface area contributed by atoms with E-state index in [-0.39, 0.29) is 5.78 Å². The monoisotopic (exact) mass is 379 g/mol. The molecule has 1 aromatic heterocycles. The smallest absolute Gasteiger partial charge is 0.450 e. The number of rotatable bonds is 5. The molecule has 0 spiro atoms. The lowest BCUT2D eigenvalue weighted by Crippen LogP contribution is -2.49. The highest BCUT2D eigenvalue weighted by molar-refractivity contribution is 5.92. The minimum Gasteiger partial charge on any atom is -0.450 e. The van der Waals surface area contributed by atoms with Crippen LogP contribution in [0, 0.1) is 0 Å². The van der Waals surface area contributed by atoms with E-state index in [1.807, 2.05) is 54.7 Å². The van der Waals surface area contributed by atoms with Crippen LogP contribution in [0.4, 0.5) is 4.79 Å². The van der Waals surface area contributed by atoms with Crippen molar-refractivity contribution in [2.75, 3.05) is 0 Å². The molecule has 0 bridgehead atoms. The number of ketones is 1. The number of nitrogens with two attached hydrogens (primary N) is 1. The Morgan fingerprint density at radius 2 is 1.93 bits per heavy atom. The van der Waals surface area contributed by atoms with Crippen LogP contribution >= 0.6 is 0 Å². The molecular weight excluding hydrogens is 358 g/mol. The van der Waals surface area contributed by atoms with Crippen LogP contribution < -0.4 is 11.1 Å². The number of hydrogen-bond acceptors (Lipinski definition) is 5. The van der Waals surface area contributed by atoms with E-state index in [1.165, 1.54) is 0 Å². The molecule has 4 rings (SSSR count). The molecule has 7 heteroatoms. The van der Waals surface area contributed by atoms with Gasteiger partial charge >= 0.3 is 6.16 Å². The third kappa shape index (κ3) is 3.49. The Labute approximate surface area is 161 Å². The van der Waals surface area contributed by atoms with Gasteiger partial charge in [0.1, 0.15) is 0 Å². The second kappa shape index (κ2) is 7.46. The minimum absolute atomic E-state index is 0.198. The summed E-state index contributed by atoms with van der Waals surface area (Å²) >= 11 is 0. The predicted octanol–water partition coefficient (Wildman–Crippen LogP) is 2.51. The first-order chi connectivity index (χ1) is 13.5. The van der Waals surface area contributed by atoms with Gasteiger partial charge in [0.2, 0.25) is 0 Å². The second-order valence-electron chi connectivity index (χ2n) is 6.95. The van der Waals surface area contributed by atoms with Crippen molar-refractivity contribution in [3.63, 3.8) is 0 Å². The quantitative estimate of drug-likeness (QED) is 0.506. The van der Waals surface area contributed by atoms with Crippen molar-refractivity contribution in [2.45, 2.75) is 31.2 Å². The van der Waals surface area contributed by atoms with Gasteiger partial charge in [0.25, 0.3) is 0 Å². The number of fused-ring (bicyclic) bond motifs is 2. The average Bonchev–Trinajstić information content (AvgIpc) is 3.09.